The van der Waals surface area contributed by atoms with Crippen LogP contribution < -0.4 is 0 Å². The third kappa shape index (κ3) is 2.70. The molecular formula is C16H8BrCl2NO2. The summed E-state index contributed by atoms with van der Waals surface area (Å²) in [6.45, 7) is 0. The zero-order valence-corrected chi connectivity index (χ0v) is 14.1. The summed E-state index contributed by atoms with van der Waals surface area (Å²) in [7, 11) is 0. The average Bonchev–Trinajstić information content (AvgIpc) is 2.49. The van der Waals surface area contributed by atoms with Crippen molar-refractivity contribution in [3.63, 3.8) is 0 Å². The van der Waals surface area contributed by atoms with Crippen LogP contribution in [0.3, 0.4) is 0 Å². The quantitative estimate of drug-likeness (QED) is 0.607. The molecule has 0 saturated heterocycles. The minimum atomic E-state index is -1.01. The van der Waals surface area contributed by atoms with E-state index >= 15 is 0 Å². The van der Waals surface area contributed by atoms with Crippen molar-refractivity contribution in [2.45, 2.75) is 0 Å². The van der Waals surface area contributed by atoms with Gasteiger partial charge in [-0.1, -0.05) is 41.4 Å². The Morgan fingerprint density at radius 1 is 1.09 bits per heavy atom. The van der Waals surface area contributed by atoms with Crippen LogP contribution in [-0.2, 0) is 0 Å². The topological polar surface area (TPSA) is 50.2 Å². The molecule has 0 atom stereocenters. The summed E-state index contributed by atoms with van der Waals surface area (Å²) in [4.78, 5) is 16.1. The largest absolute Gasteiger partial charge is 0.478 e. The minimum Gasteiger partial charge on any atom is -0.478 e. The van der Waals surface area contributed by atoms with Crippen molar-refractivity contribution in [1.82, 2.24) is 4.98 Å². The number of carboxylic acid groups (broad SMARTS) is 1. The Morgan fingerprint density at radius 2 is 1.86 bits per heavy atom. The van der Waals surface area contributed by atoms with Gasteiger partial charge in [0.15, 0.2) is 0 Å². The van der Waals surface area contributed by atoms with E-state index in [1.54, 1.807) is 30.3 Å². The van der Waals surface area contributed by atoms with Crippen molar-refractivity contribution in [2.24, 2.45) is 0 Å². The molecule has 0 spiro atoms. The first-order valence-corrected chi connectivity index (χ1v) is 7.80. The molecule has 3 nitrogen and oxygen atoms in total. The lowest BCUT2D eigenvalue weighted by atomic mass is 10.0. The number of aromatic carboxylic acids is 1. The molecular weight excluding hydrogens is 389 g/mol. The highest BCUT2D eigenvalue weighted by molar-refractivity contribution is 9.10. The van der Waals surface area contributed by atoms with E-state index in [2.05, 4.69) is 20.9 Å². The summed E-state index contributed by atoms with van der Waals surface area (Å²) in [6, 6.07) is 11.9. The molecule has 0 radical (unpaired) electrons. The van der Waals surface area contributed by atoms with Gasteiger partial charge >= 0.3 is 5.97 Å². The van der Waals surface area contributed by atoms with E-state index < -0.39 is 5.97 Å². The second-order valence-electron chi connectivity index (χ2n) is 4.63. The van der Waals surface area contributed by atoms with E-state index in [0.717, 1.165) is 4.47 Å². The standard InChI is InChI=1S/C16H8BrCl2NO2/c17-11-3-1-2-9-10(16(21)22)7-14(20-15(9)11)8-4-5-12(18)13(19)6-8/h1-7H,(H,21,22). The van der Waals surface area contributed by atoms with Gasteiger partial charge < -0.3 is 5.11 Å². The molecule has 1 aromatic heterocycles. The van der Waals surface area contributed by atoms with Gasteiger partial charge in [-0.15, -0.1) is 0 Å². The van der Waals surface area contributed by atoms with Crippen molar-refractivity contribution in [3.05, 3.63) is 62.5 Å². The summed E-state index contributed by atoms with van der Waals surface area (Å²) in [5.74, 6) is -1.01. The summed E-state index contributed by atoms with van der Waals surface area (Å²) in [5, 5.41) is 10.9. The Morgan fingerprint density at radius 3 is 2.55 bits per heavy atom. The van der Waals surface area contributed by atoms with E-state index in [0.29, 0.717) is 32.2 Å². The van der Waals surface area contributed by atoms with E-state index in [9.17, 15) is 9.90 Å². The number of hydrogen-bond acceptors (Lipinski definition) is 2. The van der Waals surface area contributed by atoms with Crippen LogP contribution >= 0.6 is 39.1 Å². The van der Waals surface area contributed by atoms with Crippen LogP contribution in [0.15, 0.2) is 46.9 Å². The number of rotatable bonds is 2. The number of carbonyl (C=O) groups is 1. The van der Waals surface area contributed by atoms with E-state index in [1.165, 1.54) is 6.07 Å². The van der Waals surface area contributed by atoms with E-state index in [4.69, 9.17) is 23.2 Å². The number of carboxylic acids is 1. The van der Waals surface area contributed by atoms with Gasteiger partial charge in [-0.2, -0.15) is 0 Å². The Kier molecular flexibility index (Phi) is 4.08. The van der Waals surface area contributed by atoms with Gasteiger partial charge in [-0.3, -0.25) is 0 Å². The van der Waals surface area contributed by atoms with E-state index in [-0.39, 0.29) is 5.56 Å². The van der Waals surface area contributed by atoms with Gasteiger partial charge in [0.2, 0.25) is 0 Å². The summed E-state index contributed by atoms with van der Waals surface area (Å²) in [5.41, 5.74) is 2.00. The van der Waals surface area contributed by atoms with Crippen molar-refractivity contribution in [3.8, 4) is 11.3 Å². The maximum absolute atomic E-state index is 11.5. The minimum absolute atomic E-state index is 0.187. The van der Waals surface area contributed by atoms with E-state index in [1.807, 2.05) is 6.07 Å². The number of aromatic nitrogens is 1. The molecule has 0 aliphatic heterocycles. The highest BCUT2D eigenvalue weighted by Crippen LogP contribution is 2.32. The number of fused-ring (bicyclic) bond motifs is 1. The summed E-state index contributed by atoms with van der Waals surface area (Å²) < 4.78 is 0.731. The van der Waals surface area contributed by atoms with Crippen molar-refractivity contribution in [2.75, 3.05) is 0 Å². The molecule has 0 saturated carbocycles. The lowest BCUT2D eigenvalue weighted by Crippen LogP contribution is -2.00. The first-order chi connectivity index (χ1) is 10.5. The average molecular weight is 397 g/mol. The maximum Gasteiger partial charge on any atom is 0.336 e. The fourth-order valence-electron chi connectivity index (χ4n) is 2.19. The van der Waals surface area contributed by atoms with Crippen molar-refractivity contribution >= 4 is 56.0 Å². The molecule has 0 fully saturated rings. The maximum atomic E-state index is 11.5. The molecule has 0 aliphatic rings. The van der Waals surface area contributed by atoms with Gasteiger partial charge in [0.25, 0.3) is 0 Å². The normalized spacial score (nSPS) is 10.9. The number of hydrogen-bond donors (Lipinski definition) is 1. The third-order valence-electron chi connectivity index (χ3n) is 3.24. The number of para-hydroxylation sites is 1. The SMILES string of the molecule is O=C(O)c1cc(-c2ccc(Cl)c(Cl)c2)nc2c(Br)cccc12. The Balaban J connectivity index is 2.33. The van der Waals surface area contributed by atoms with Gasteiger partial charge in [0.1, 0.15) is 0 Å². The lowest BCUT2D eigenvalue weighted by Gasteiger charge is -2.09. The molecule has 110 valence electrons. The summed E-state index contributed by atoms with van der Waals surface area (Å²) in [6.07, 6.45) is 0. The number of halogens is 3. The third-order valence-corrected chi connectivity index (χ3v) is 4.61. The van der Waals surface area contributed by atoms with Gasteiger partial charge in [0, 0.05) is 15.4 Å². The number of benzene rings is 2. The van der Waals surface area contributed by atoms with Crippen molar-refractivity contribution < 1.29 is 9.90 Å². The molecule has 22 heavy (non-hydrogen) atoms. The zero-order chi connectivity index (χ0) is 15.9. The fraction of sp³-hybridized carbons (Fsp3) is 0. The monoisotopic (exact) mass is 395 g/mol. The van der Waals surface area contributed by atoms with Crippen LogP contribution in [0.1, 0.15) is 10.4 Å². The van der Waals surface area contributed by atoms with Gasteiger partial charge in [-0.25, -0.2) is 9.78 Å². The van der Waals surface area contributed by atoms with Crippen LogP contribution in [0, 0.1) is 0 Å². The second kappa shape index (κ2) is 5.88. The highest BCUT2D eigenvalue weighted by Gasteiger charge is 2.15. The van der Waals surface area contributed by atoms with Crippen LogP contribution in [0.4, 0.5) is 0 Å². The molecule has 3 aromatic rings. The Bertz CT molecular complexity index is 912. The molecule has 0 aliphatic carbocycles. The fourth-order valence-corrected chi connectivity index (χ4v) is 2.95. The van der Waals surface area contributed by atoms with Crippen LogP contribution in [0.25, 0.3) is 22.2 Å². The Hall–Kier alpha value is -1.62. The molecule has 6 heteroatoms. The molecule has 1 heterocycles. The lowest BCUT2D eigenvalue weighted by molar-refractivity contribution is 0.0699. The molecule has 0 unspecified atom stereocenters. The van der Waals surface area contributed by atoms with Gasteiger partial charge in [0.05, 0.1) is 26.8 Å². The predicted molar refractivity (Wildman–Crippen MR) is 91.9 cm³/mol. The Labute approximate surface area is 144 Å². The number of nitrogens with zero attached hydrogens (tertiary/aromatic N) is 1. The first-order valence-electron chi connectivity index (χ1n) is 6.25. The second-order valence-corrected chi connectivity index (χ2v) is 6.29. The number of pyridine rings is 1. The zero-order valence-electron chi connectivity index (χ0n) is 11.0. The van der Waals surface area contributed by atoms with Crippen LogP contribution in [0.5, 0.6) is 0 Å². The van der Waals surface area contributed by atoms with Crippen LogP contribution in [-0.4, -0.2) is 16.1 Å². The van der Waals surface area contributed by atoms with Crippen LogP contribution in [0.2, 0.25) is 10.0 Å². The molecule has 0 bridgehead atoms. The van der Waals surface area contributed by atoms with Crippen molar-refractivity contribution in [1.29, 1.82) is 0 Å². The molecule has 2 aromatic carbocycles. The molecule has 1 N–H and O–H groups in total. The first kappa shape index (κ1) is 15.3. The highest BCUT2D eigenvalue weighted by atomic mass is 79.9. The predicted octanol–water partition coefficient (Wildman–Crippen LogP) is 5.67. The summed E-state index contributed by atoms with van der Waals surface area (Å²) >= 11 is 15.4. The smallest absolute Gasteiger partial charge is 0.336 e. The molecule has 3 rings (SSSR count). The molecule has 0 amide bonds. The van der Waals surface area contributed by atoms with Gasteiger partial charge in [-0.05, 0) is 40.2 Å².